The minimum absolute atomic E-state index is 0.0414. The van der Waals surface area contributed by atoms with Gasteiger partial charge in [-0.1, -0.05) is 12.1 Å². The van der Waals surface area contributed by atoms with Crippen LogP contribution < -0.4 is 19.1 Å². The summed E-state index contributed by atoms with van der Waals surface area (Å²) in [5.74, 6) is -1.82. The van der Waals surface area contributed by atoms with Crippen molar-refractivity contribution in [3.05, 3.63) is 42.0 Å². The molecule has 10 heteroatoms. The second kappa shape index (κ2) is 11.7. The number of phenols is 1. The Balaban J connectivity index is 0.000000534. The fourth-order valence-electron chi connectivity index (χ4n) is 3.34. The average Bonchev–Trinajstić information content (AvgIpc) is 2.80. The lowest BCUT2D eigenvalue weighted by atomic mass is 10.1. The fourth-order valence-corrected chi connectivity index (χ4v) is 3.34. The molecule has 3 N–H and O–H groups in total. The molecule has 0 unspecified atom stereocenters. The van der Waals surface area contributed by atoms with Gasteiger partial charge in [0.1, 0.15) is 5.75 Å². The van der Waals surface area contributed by atoms with Gasteiger partial charge in [-0.2, -0.15) is 0 Å². The van der Waals surface area contributed by atoms with E-state index in [9.17, 15) is 5.11 Å². The Labute approximate surface area is 186 Å². The van der Waals surface area contributed by atoms with E-state index in [0.29, 0.717) is 11.5 Å². The standard InChI is InChI=1S/C20H26N2O4.C2H2O4/c1-24-17-7-5-4-6-16(17)22-10-8-21(9-11-22)14-15-12-18(25-2)20(23)19(13-15)26-3;3-1(4)2(5)6/h4-7,12-13,23H,8-11,14H2,1-3H3;(H,3,4)(H,5,6). The Morgan fingerprint density at radius 2 is 1.34 bits per heavy atom. The van der Waals surface area contributed by atoms with E-state index in [1.807, 2.05) is 30.3 Å². The lowest BCUT2D eigenvalue weighted by molar-refractivity contribution is -0.159. The summed E-state index contributed by atoms with van der Waals surface area (Å²) in [6.45, 7) is 4.55. The summed E-state index contributed by atoms with van der Waals surface area (Å²) >= 11 is 0. The van der Waals surface area contributed by atoms with Gasteiger partial charge in [-0.15, -0.1) is 0 Å². The van der Waals surface area contributed by atoms with Crippen molar-refractivity contribution in [2.24, 2.45) is 0 Å². The zero-order valence-electron chi connectivity index (χ0n) is 18.3. The van der Waals surface area contributed by atoms with E-state index in [1.54, 1.807) is 21.3 Å². The number of nitrogens with zero attached hydrogens (tertiary/aromatic N) is 2. The summed E-state index contributed by atoms with van der Waals surface area (Å²) in [5, 5.41) is 24.8. The number of phenolic OH excluding ortho intramolecular Hbond substituents is 1. The number of hydrogen-bond donors (Lipinski definition) is 3. The molecule has 0 spiro atoms. The summed E-state index contributed by atoms with van der Waals surface area (Å²) in [6.07, 6.45) is 0. The van der Waals surface area contributed by atoms with E-state index in [-0.39, 0.29) is 5.75 Å². The van der Waals surface area contributed by atoms with Crippen molar-refractivity contribution >= 4 is 17.6 Å². The molecule has 0 atom stereocenters. The van der Waals surface area contributed by atoms with Crippen molar-refractivity contribution in [3.8, 4) is 23.0 Å². The molecule has 0 aromatic heterocycles. The van der Waals surface area contributed by atoms with Gasteiger partial charge in [-0.05, 0) is 29.8 Å². The van der Waals surface area contributed by atoms with Gasteiger partial charge in [0, 0.05) is 32.7 Å². The summed E-state index contributed by atoms with van der Waals surface area (Å²) in [7, 11) is 4.80. The summed E-state index contributed by atoms with van der Waals surface area (Å²) in [4.78, 5) is 22.9. The molecular formula is C22H28N2O8. The van der Waals surface area contributed by atoms with Gasteiger partial charge in [-0.25, -0.2) is 9.59 Å². The van der Waals surface area contributed by atoms with E-state index in [0.717, 1.165) is 49.7 Å². The fraction of sp³-hybridized carbons (Fsp3) is 0.364. The highest BCUT2D eigenvalue weighted by Gasteiger charge is 2.20. The number of carboxylic acid groups (broad SMARTS) is 2. The molecule has 1 saturated heterocycles. The number of carbonyl (C=O) groups is 2. The third-order valence-corrected chi connectivity index (χ3v) is 4.93. The van der Waals surface area contributed by atoms with Crippen molar-refractivity contribution in [2.75, 3.05) is 52.4 Å². The lowest BCUT2D eigenvalue weighted by Gasteiger charge is -2.36. The van der Waals surface area contributed by atoms with Crippen LogP contribution in [0.3, 0.4) is 0 Å². The lowest BCUT2D eigenvalue weighted by Crippen LogP contribution is -2.46. The first-order valence-corrected chi connectivity index (χ1v) is 9.81. The van der Waals surface area contributed by atoms with Crippen LogP contribution in [0.4, 0.5) is 5.69 Å². The number of aromatic hydroxyl groups is 1. The molecule has 0 aliphatic carbocycles. The normalized spacial score (nSPS) is 13.5. The molecule has 32 heavy (non-hydrogen) atoms. The van der Waals surface area contributed by atoms with E-state index in [1.165, 1.54) is 0 Å². The van der Waals surface area contributed by atoms with Crippen molar-refractivity contribution in [2.45, 2.75) is 6.54 Å². The minimum Gasteiger partial charge on any atom is -0.502 e. The third-order valence-electron chi connectivity index (χ3n) is 4.93. The van der Waals surface area contributed by atoms with Crippen molar-refractivity contribution < 1.29 is 39.1 Å². The number of para-hydroxylation sites is 2. The summed E-state index contributed by atoms with van der Waals surface area (Å²) in [6, 6.07) is 11.9. The maximum atomic E-state index is 10.0. The van der Waals surface area contributed by atoms with Crippen LogP contribution in [0.15, 0.2) is 36.4 Å². The Morgan fingerprint density at radius 1 is 0.844 bits per heavy atom. The van der Waals surface area contributed by atoms with Gasteiger partial charge < -0.3 is 34.4 Å². The highest BCUT2D eigenvalue weighted by molar-refractivity contribution is 6.27. The van der Waals surface area contributed by atoms with E-state index in [4.69, 9.17) is 34.0 Å². The minimum atomic E-state index is -1.82. The number of piperazine rings is 1. The molecular weight excluding hydrogens is 420 g/mol. The molecule has 1 heterocycles. The Hall–Kier alpha value is -3.66. The maximum absolute atomic E-state index is 10.0. The predicted octanol–water partition coefficient (Wildman–Crippen LogP) is 1.90. The molecule has 1 fully saturated rings. The second-order valence-corrected chi connectivity index (χ2v) is 6.89. The topological polar surface area (TPSA) is 129 Å². The van der Waals surface area contributed by atoms with Gasteiger partial charge in [0.2, 0.25) is 5.75 Å². The number of carboxylic acids is 2. The van der Waals surface area contributed by atoms with Crippen molar-refractivity contribution in [3.63, 3.8) is 0 Å². The van der Waals surface area contributed by atoms with Crippen LogP contribution in [0.25, 0.3) is 0 Å². The Morgan fingerprint density at radius 3 is 1.81 bits per heavy atom. The number of ether oxygens (including phenoxy) is 3. The van der Waals surface area contributed by atoms with Crippen LogP contribution in [-0.4, -0.2) is 79.7 Å². The SMILES string of the molecule is COc1ccccc1N1CCN(Cc2cc(OC)c(O)c(OC)c2)CC1.O=C(O)C(=O)O. The van der Waals surface area contributed by atoms with Crippen LogP contribution in [0.5, 0.6) is 23.0 Å². The molecule has 1 aliphatic heterocycles. The van der Waals surface area contributed by atoms with Gasteiger partial charge >= 0.3 is 11.9 Å². The largest absolute Gasteiger partial charge is 0.502 e. The van der Waals surface area contributed by atoms with Crippen LogP contribution in [-0.2, 0) is 16.1 Å². The molecule has 0 radical (unpaired) electrons. The molecule has 2 aromatic carbocycles. The highest BCUT2D eigenvalue weighted by Crippen LogP contribution is 2.37. The molecule has 1 aliphatic rings. The first-order chi connectivity index (χ1) is 15.3. The molecule has 0 saturated carbocycles. The second-order valence-electron chi connectivity index (χ2n) is 6.89. The first kappa shape index (κ1) is 24.6. The maximum Gasteiger partial charge on any atom is 0.414 e. The van der Waals surface area contributed by atoms with Crippen molar-refractivity contribution in [1.82, 2.24) is 4.90 Å². The molecule has 3 rings (SSSR count). The molecule has 0 amide bonds. The Bertz CT molecular complexity index is 889. The van der Waals surface area contributed by atoms with Gasteiger partial charge in [-0.3, -0.25) is 4.90 Å². The van der Waals surface area contributed by atoms with E-state index < -0.39 is 11.9 Å². The number of methoxy groups -OCH3 is 3. The van der Waals surface area contributed by atoms with Crippen LogP contribution in [0, 0.1) is 0 Å². The number of anilines is 1. The first-order valence-electron chi connectivity index (χ1n) is 9.81. The summed E-state index contributed by atoms with van der Waals surface area (Å²) in [5.41, 5.74) is 2.20. The van der Waals surface area contributed by atoms with E-state index >= 15 is 0 Å². The molecule has 174 valence electrons. The van der Waals surface area contributed by atoms with Crippen LogP contribution in [0.2, 0.25) is 0 Å². The van der Waals surface area contributed by atoms with Crippen molar-refractivity contribution in [1.29, 1.82) is 0 Å². The van der Waals surface area contributed by atoms with Gasteiger partial charge in [0.25, 0.3) is 0 Å². The number of aliphatic carboxylic acids is 2. The average molecular weight is 448 g/mol. The third kappa shape index (κ3) is 6.42. The molecule has 10 nitrogen and oxygen atoms in total. The van der Waals surface area contributed by atoms with E-state index in [2.05, 4.69) is 15.9 Å². The highest BCUT2D eigenvalue weighted by atomic mass is 16.5. The Kier molecular flexibility index (Phi) is 8.96. The zero-order chi connectivity index (χ0) is 23.7. The zero-order valence-corrected chi connectivity index (χ0v) is 18.3. The quantitative estimate of drug-likeness (QED) is 0.564. The van der Waals surface area contributed by atoms with Crippen LogP contribution in [0.1, 0.15) is 5.56 Å². The smallest absolute Gasteiger partial charge is 0.414 e. The molecule has 2 aromatic rings. The number of benzene rings is 2. The van der Waals surface area contributed by atoms with Gasteiger partial charge in [0.15, 0.2) is 11.5 Å². The monoisotopic (exact) mass is 448 g/mol. The number of rotatable bonds is 6. The summed E-state index contributed by atoms with van der Waals surface area (Å²) < 4.78 is 16.0. The predicted molar refractivity (Wildman–Crippen MR) is 117 cm³/mol. The van der Waals surface area contributed by atoms with Crippen LogP contribution >= 0.6 is 0 Å². The number of hydrogen-bond acceptors (Lipinski definition) is 8. The van der Waals surface area contributed by atoms with Gasteiger partial charge in [0.05, 0.1) is 27.0 Å². The molecule has 0 bridgehead atoms.